The highest BCUT2D eigenvalue weighted by Crippen LogP contribution is 2.20. The Kier molecular flexibility index (Phi) is 5.16. The third-order valence-corrected chi connectivity index (χ3v) is 6.21. The average Bonchev–Trinajstić information content (AvgIpc) is 3.21. The van der Waals surface area contributed by atoms with E-state index < -0.39 is 10.0 Å². The molecule has 0 aliphatic carbocycles. The summed E-state index contributed by atoms with van der Waals surface area (Å²) in [4.78, 5) is 16.0. The number of nitrogens with zero attached hydrogens (tertiary/aromatic N) is 4. The summed E-state index contributed by atoms with van der Waals surface area (Å²) in [6, 6.07) is 10.7. The van der Waals surface area contributed by atoms with E-state index in [1.807, 2.05) is 4.90 Å². The number of benzene rings is 2. The van der Waals surface area contributed by atoms with Crippen molar-refractivity contribution < 1.29 is 22.2 Å². The topological polar surface area (TPSA) is 109 Å². The lowest BCUT2D eigenvalue weighted by molar-refractivity contribution is -0.130. The van der Waals surface area contributed by atoms with E-state index in [4.69, 9.17) is 0 Å². The normalized spacial score (nSPS) is 15.1. The number of aromatic nitrogens is 2. The first-order valence-electron chi connectivity index (χ1n) is 8.93. The Hall–Kier alpha value is -3.05. The number of fused-ring (bicyclic) bond motifs is 1. The van der Waals surface area contributed by atoms with E-state index in [2.05, 4.69) is 19.7 Å². The lowest BCUT2D eigenvalue weighted by Gasteiger charge is -2.36. The molecule has 1 saturated heterocycles. The molecule has 29 heavy (non-hydrogen) atoms. The van der Waals surface area contributed by atoms with Gasteiger partial charge in [-0.2, -0.15) is 0 Å². The molecule has 11 heteroatoms. The zero-order valence-corrected chi connectivity index (χ0v) is 16.1. The highest BCUT2D eigenvalue weighted by molar-refractivity contribution is 7.89. The lowest BCUT2D eigenvalue weighted by Crippen LogP contribution is -2.51. The zero-order valence-electron chi connectivity index (χ0n) is 15.3. The van der Waals surface area contributed by atoms with Crippen LogP contribution in [0.5, 0.6) is 0 Å². The van der Waals surface area contributed by atoms with Gasteiger partial charge in [-0.1, -0.05) is 6.07 Å². The zero-order chi connectivity index (χ0) is 20.4. The molecule has 1 amide bonds. The second kappa shape index (κ2) is 7.76. The van der Waals surface area contributed by atoms with E-state index in [0.717, 1.165) is 5.69 Å². The summed E-state index contributed by atoms with van der Waals surface area (Å²) < 4.78 is 45.1. The number of anilines is 1. The molecule has 0 bridgehead atoms. The fourth-order valence-electron chi connectivity index (χ4n) is 3.21. The van der Waals surface area contributed by atoms with E-state index >= 15 is 0 Å². The van der Waals surface area contributed by atoms with E-state index in [-0.39, 0.29) is 28.7 Å². The first kappa shape index (κ1) is 19.3. The molecular formula is C18H18FN5O4S. The van der Waals surface area contributed by atoms with Crippen molar-refractivity contribution >= 4 is 32.7 Å². The van der Waals surface area contributed by atoms with Crippen LogP contribution in [0.15, 0.2) is 52.0 Å². The van der Waals surface area contributed by atoms with Gasteiger partial charge in [0.05, 0.1) is 6.54 Å². The number of halogens is 1. The monoisotopic (exact) mass is 419 g/mol. The molecule has 152 valence electrons. The highest BCUT2D eigenvalue weighted by atomic mass is 32.2. The number of sulfonamides is 1. The van der Waals surface area contributed by atoms with Crippen molar-refractivity contribution in [1.29, 1.82) is 0 Å². The first-order chi connectivity index (χ1) is 13.9. The minimum atomic E-state index is -3.95. The van der Waals surface area contributed by atoms with Crippen molar-refractivity contribution in [3.63, 3.8) is 0 Å². The quantitative estimate of drug-likeness (QED) is 0.657. The van der Waals surface area contributed by atoms with Crippen LogP contribution in [-0.2, 0) is 14.8 Å². The van der Waals surface area contributed by atoms with Crippen LogP contribution in [0.25, 0.3) is 11.0 Å². The summed E-state index contributed by atoms with van der Waals surface area (Å²) in [6.45, 7) is 1.68. The molecule has 3 aromatic rings. The highest BCUT2D eigenvalue weighted by Gasteiger charge is 2.25. The van der Waals surface area contributed by atoms with Gasteiger partial charge in [-0.05, 0) is 46.7 Å². The molecule has 4 rings (SSSR count). The SMILES string of the molecule is O=C(CNS(=O)(=O)c1cccc2nonc12)N1CCN(c2ccc(F)cc2)CC1. The molecule has 2 heterocycles. The van der Waals surface area contributed by atoms with Crippen LogP contribution < -0.4 is 9.62 Å². The van der Waals surface area contributed by atoms with Crippen molar-refractivity contribution in [3.8, 4) is 0 Å². The smallest absolute Gasteiger partial charge is 0.243 e. The van der Waals surface area contributed by atoms with Gasteiger partial charge in [-0.3, -0.25) is 4.79 Å². The van der Waals surface area contributed by atoms with Gasteiger partial charge in [0, 0.05) is 31.9 Å². The third kappa shape index (κ3) is 4.05. The van der Waals surface area contributed by atoms with Gasteiger partial charge in [0.1, 0.15) is 16.2 Å². The molecule has 0 unspecified atom stereocenters. The van der Waals surface area contributed by atoms with Crippen LogP contribution in [0.4, 0.5) is 10.1 Å². The van der Waals surface area contributed by atoms with Crippen LogP contribution in [0.1, 0.15) is 0 Å². The number of hydrogen-bond donors (Lipinski definition) is 1. The maximum absolute atomic E-state index is 13.1. The van der Waals surface area contributed by atoms with Gasteiger partial charge in [0.25, 0.3) is 0 Å². The van der Waals surface area contributed by atoms with E-state index in [1.54, 1.807) is 23.1 Å². The maximum Gasteiger partial charge on any atom is 0.243 e. The Morgan fingerprint density at radius 1 is 1.07 bits per heavy atom. The summed E-state index contributed by atoms with van der Waals surface area (Å²) >= 11 is 0. The number of carbonyl (C=O) groups excluding carboxylic acids is 1. The second-order valence-electron chi connectivity index (χ2n) is 6.56. The van der Waals surface area contributed by atoms with Crippen LogP contribution in [0.2, 0.25) is 0 Å². The number of rotatable bonds is 5. The Bertz CT molecular complexity index is 1120. The number of nitrogens with one attached hydrogen (secondary N) is 1. The maximum atomic E-state index is 13.1. The number of piperazine rings is 1. The van der Waals surface area contributed by atoms with E-state index in [0.29, 0.717) is 31.7 Å². The third-order valence-electron chi connectivity index (χ3n) is 4.78. The number of amides is 1. The number of carbonyl (C=O) groups is 1. The average molecular weight is 419 g/mol. The largest absolute Gasteiger partial charge is 0.368 e. The molecular weight excluding hydrogens is 401 g/mol. The van der Waals surface area contributed by atoms with E-state index in [9.17, 15) is 17.6 Å². The van der Waals surface area contributed by atoms with Gasteiger partial charge in [0.15, 0.2) is 5.52 Å². The predicted molar refractivity (Wildman–Crippen MR) is 102 cm³/mol. The molecule has 1 fully saturated rings. The Balaban J connectivity index is 1.35. The molecule has 9 nitrogen and oxygen atoms in total. The molecule has 1 N–H and O–H groups in total. The second-order valence-corrected chi connectivity index (χ2v) is 8.29. The Morgan fingerprint density at radius 2 is 1.79 bits per heavy atom. The molecule has 0 radical (unpaired) electrons. The summed E-state index contributed by atoms with van der Waals surface area (Å²) in [5.41, 5.74) is 1.31. The van der Waals surface area contributed by atoms with Gasteiger partial charge in [0.2, 0.25) is 15.9 Å². The van der Waals surface area contributed by atoms with Crippen molar-refractivity contribution in [1.82, 2.24) is 19.9 Å². The van der Waals surface area contributed by atoms with Crippen LogP contribution in [0.3, 0.4) is 0 Å². The lowest BCUT2D eigenvalue weighted by atomic mass is 10.2. The molecule has 0 atom stereocenters. The molecule has 1 aromatic heterocycles. The fourth-order valence-corrected chi connectivity index (χ4v) is 4.33. The number of hydrogen-bond acceptors (Lipinski definition) is 7. The van der Waals surface area contributed by atoms with Crippen molar-refractivity contribution in [2.24, 2.45) is 0 Å². The van der Waals surface area contributed by atoms with E-state index in [1.165, 1.54) is 24.3 Å². The van der Waals surface area contributed by atoms with Crippen molar-refractivity contribution in [3.05, 3.63) is 48.3 Å². The Morgan fingerprint density at radius 3 is 2.52 bits per heavy atom. The summed E-state index contributed by atoms with van der Waals surface area (Å²) in [6.07, 6.45) is 0. The predicted octanol–water partition coefficient (Wildman–Crippen LogP) is 0.989. The van der Waals surface area contributed by atoms with Gasteiger partial charge in [-0.15, -0.1) is 0 Å². The summed E-state index contributed by atoms with van der Waals surface area (Å²) in [7, 11) is -3.95. The van der Waals surface area contributed by atoms with Gasteiger partial charge in [-0.25, -0.2) is 22.2 Å². The summed E-state index contributed by atoms with van der Waals surface area (Å²) in [5, 5.41) is 7.23. The fraction of sp³-hybridized carbons (Fsp3) is 0.278. The minimum absolute atomic E-state index is 0.0924. The molecule has 0 saturated carbocycles. The summed E-state index contributed by atoms with van der Waals surface area (Å²) in [5.74, 6) is -0.621. The first-order valence-corrected chi connectivity index (χ1v) is 10.4. The van der Waals surface area contributed by atoms with Crippen LogP contribution >= 0.6 is 0 Å². The standard InChI is InChI=1S/C18H18FN5O4S/c19-13-4-6-14(7-5-13)23-8-10-24(11-9-23)17(25)12-20-29(26,27)16-3-1-2-15-18(16)22-28-21-15/h1-7,20H,8-12H2. The van der Waals surface area contributed by atoms with Crippen molar-refractivity contribution in [2.75, 3.05) is 37.6 Å². The molecule has 0 spiro atoms. The molecule has 1 aliphatic rings. The molecule has 2 aromatic carbocycles. The molecule has 1 aliphatic heterocycles. The Labute approximate surface area is 166 Å². The van der Waals surface area contributed by atoms with Gasteiger partial charge < -0.3 is 9.80 Å². The minimum Gasteiger partial charge on any atom is -0.368 e. The van der Waals surface area contributed by atoms with Gasteiger partial charge >= 0.3 is 0 Å². The van der Waals surface area contributed by atoms with Crippen LogP contribution in [0, 0.1) is 5.82 Å². The van der Waals surface area contributed by atoms with Crippen molar-refractivity contribution in [2.45, 2.75) is 4.90 Å². The van der Waals surface area contributed by atoms with Crippen LogP contribution in [-0.4, -0.2) is 62.3 Å².